The standard InChI is InChI=1S/C16H10N4O4/c21-14(20-23)8-5-6-9-11(7-8)17-13(19-15(9)22)16-18-10-3-1-2-4-12(10)24-16/h1-7,23H,(H,20,21)(H,17,19,22). The minimum absolute atomic E-state index is 0.158. The van der Waals surface area contributed by atoms with Gasteiger partial charge >= 0.3 is 0 Å². The molecule has 0 spiro atoms. The SMILES string of the molecule is O=C(NO)c1ccc2c(=O)[nH]c(-c3nc4ccccc4o3)nc2c1. The zero-order valence-electron chi connectivity index (χ0n) is 12.1. The second-order valence-corrected chi connectivity index (χ2v) is 5.07. The Labute approximate surface area is 133 Å². The molecule has 3 N–H and O–H groups in total. The second kappa shape index (κ2) is 5.28. The van der Waals surface area contributed by atoms with Gasteiger partial charge in [0, 0.05) is 5.56 Å². The van der Waals surface area contributed by atoms with Crippen LogP contribution in [0.15, 0.2) is 51.7 Å². The largest absolute Gasteiger partial charge is 0.434 e. The first-order valence-corrected chi connectivity index (χ1v) is 7.00. The van der Waals surface area contributed by atoms with Crippen LogP contribution < -0.4 is 11.0 Å². The first-order valence-electron chi connectivity index (χ1n) is 7.00. The van der Waals surface area contributed by atoms with Crippen molar-refractivity contribution >= 4 is 27.9 Å². The van der Waals surface area contributed by atoms with E-state index in [-0.39, 0.29) is 28.4 Å². The van der Waals surface area contributed by atoms with Crippen LogP contribution in [0, 0.1) is 0 Å². The van der Waals surface area contributed by atoms with E-state index in [1.807, 2.05) is 12.1 Å². The lowest BCUT2D eigenvalue weighted by atomic mass is 10.1. The second-order valence-electron chi connectivity index (χ2n) is 5.07. The number of hydrogen-bond acceptors (Lipinski definition) is 6. The van der Waals surface area contributed by atoms with Crippen LogP contribution in [-0.4, -0.2) is 26.1 Å². The van der Waals surface area contributed by atoms with Gasteiger partial charge in [0.05, 0.1) is 10.9 Å². The van der Waals surface area contributed by atoms with Gasteiger partial charge in [0.25, 0.3) is 17.4 Å². The summed E-state index contributed by atoms with van der Waals surface area (Å²) < 4.78 is 5.59. The molecule has 2 aromatic carbocycles. The highest BCUT2D eigenvalue weighted by Gasteiger charge is 2.14. The third-order valence-corrected chi connectivity index (χ3v) is 3.57. The van der Waals surface area contributed by atoms with Crippen LogP contribution >= 0.6 is 0 Å². The predicted octanol–water partition coefficient (Wildman–Crippen LogP) is 1.85. The highest BCUT2D eigenvalue weighted by atomic mass is 16.5. The number of para-hydroxylation sites is 2. The number of oxazole rings is 1. The van der Waals surface area contributed by atoms with Crippen LogP contribution in [0.25, 0.3) is 33.7 Å². The van der Waals surface area contributed by atoms with Crippen molar-refractivity contribution in [2.75, 3.05) is 0 Å². The molecule has 118 valence electrons. The van der Waals surface area contributed by atoms with E-state index in [2.05, 4.69) is 15.0 Å². The Balaban J connectivity index is 1.92. The fraction of sp³-hybridized carbons (Fsp3) is 0. The molecular weight excluding hydrogens is 312 g/mol. The molecule has 0 fully saturated rings. The minimum atomic E-state index is -0.692. The quantitative estimate of drug-likeness (QED) is 0.382. The summed E-state index contributed by atoms with van der Waals surface area (Å²) in [7, 11) is 0. The summed E-state index contributed by atoms with van der Waals surface area (Å²) in [6.07, 6.45) is 0. The van der Waals surface area contributed by atoms with Gasteiger partial charge in [-0.25, -0.2) is 15.4 Å². The molecule has 2 aromatic heterocycles. The van der Waals surface area contributed by atoms with Gasteiger partial charge in [0.1, 0.15) is 5.52 Å². The Kier molecular flexibility index (Phi) is 3.10. The van der Waals surface area contributed by atoms with Gasteiger partial charge in [-0.2, -0.15) is 0 Å². The van der Waals surface area contributed by atoms with Crippen molar-refractivity contribution in [2.24, 2.45) is 0 Å². The van der Waals surface area contributed by atoms with Crippen LogP contribution in [0.2, 0.25) is 0 Å². The molecule has 8 nitrogen and oxygen atoms in total. The topological polar surface area (TPSA) is 121 Å². The fourth-order valence-corrected chi connectivity index (χ4v) is 2.42. The Bertz CT molecular complexity index is 1110. The Morgan fingerprint density at radius 1 is 1.12 bits per heavy atom. The molecule has 8 heteroatoms. The Morgan fingerprint density at radius 3 is 2.75 bits per heavy atom. The highest BCUT2D eigenvalue weighted by molar-refractivity contribution is 5.97. The van der Waals surface area contributed by atoms with Crippen molar-refractivity contribution in [3.05, 3.63) is 58.4 Å². The summed E-state index contributed by atoms with van der Waals surface area (Å²) in [6.45, 7) is 0. The van der Waals surface area contributed by atoms with E-state index in [4.69, 9.17) is 9.62 Å². The average Bonchev–Trinajstić information content (AvgIpc) is 3.04. The maximum absolute atomic E-state index is 12.2. The van der Waals surface area contributed by atoms with Crippen molar-refractivity contribution in [2.45, 2.75) is 0 Å². The van der Waals surface area contributed by atoms with Crippen molar-refractivity contribution < 1.29 is 14.4 Å². The molecule has 0 saturated heterocycles. The normalized spacial score (nSPS) is 11.0. The maximum atomic E-state index is 12.2. The Hall–Kier alpha value is -3.52. The van der Waals surface area contributed by atoms with Crippen LogP contribution in [-0.2, 0) is 0 Å². The number of benzene rings is 2. The number of aromatic nitrogens is 3. The summed E-state index contributed by atoms with van der Waals surface area (Å²) in [5.41, 5.74) is 2.84. The lowest BCUT2D eigenvalue weighted by molar-refractivity contribution is 0.0706. The molecule has 0 bridgehead atoms. The third kappa shape index (κ3) is 2.22. The van der Waals surface area contributed by atoms with Crippen LogP contribution in [0.4, 0.5) is 0 Å². The maximum Gasteiger partial charge on any atom is 0.274 e. The van der Waals surface area contributed by atoms with Crippen LogP contribution in [0.5, 0.6) is 0 Å². The lowest BCUT2D eigenvalue weighted by Crippen LogP contribution is -2.19. The number of nitrogens with one attached hydrogen (secondary N) is 2. The van der Waals surface area contributed by atoms with E-state index >= 15 is 0 Å². The van der Waals surface area contributed by atoms with E-state index in [9.17, 15) is 9.59 Å². The number of nitrogens with zero attached hydrogens (tertiary/aromatic N) is 2. The predicted molar refractivity (Wildman–Crippen MR) is 84.6 cm³/mol. The zero-order chi connectivity index (χ0) is 16.7. The molecule has 1 amide bonds. The van der Waals surface area contributed by atoms with E-state index in [1.165, 1.54) is 18.2 Å². The van der Waals surface area contributed by atoms with Crippen molar-refractivity contribution in [3.8, 4) is 11.7 Å². The molecular formula is C16H10N4O4. The summed E-state index contributed by atoms with van der Waals surface area (Å²) in [6, 6.07) is 11.5. The lowest BCUT2D eigenvalue weighted by Gasteiger charge is -2.02. The van der Waals surface area contributed by atoms with Gasteiger partial charge in [-0.3, -0.25) is 14.8 Å². The van der Waals surface area contributed by atoms with Gasteiger partial charge in [-0.05, 0) is 30.3 Å². The Morgan fingerprint density at radius 2 is 1.96 bits per heavy atom. The molecule has 0 unspecified atom stereocenters. The zero-order valence-corrected chi connectivity index (χ0v) is 12.1. The number of hydrogen-bond donors (Lipinski definition) is 3. The molecule has 0 atom stereocenters. The molecule has 0 aliphatic heterocycles. The van der Waals surface area contributed by atoms with E-state index < -0.39 is 5.91 Å². The summed E-state index contributed by atoms with van der Waals surface area (Å²) in [5, 5.41) is 9.02. The van der Waals surface area contributed by atoms with Crippen molar-refractivity contribution in [3.63, 3.8) is 0 Å². The summed E-state index contributed by atoms with van der Waals surface area (Å²) >= 11 is 0. The van der Waals surface area contributed by atoms with Gasteiger partial charge in [0.15, 0.2) is 11.4 Å². The number of amides is 1. The number of carbonyl (C=O) groups is 1. The van der Waals surface area contributed by atoms with Crippen molar-refractivity contribution in [1.29, 1.82) is 0 Å². The number of hydroxylamine groups is 1. The number of carbonyl (C=O) groups excluding carboxylic acids is 1. The monoisotopic (exact) mass is 322 g/mol. The molecule has 0 radical (unpaired) electrons. The molecule has 0 saturated carbocycles. The first-order chi connectivity index (χ1) is 11.7. The molecule has 0 aliphatic carbocycles. The molecule has 2 heterocycles. The van der Waals surface area contributed by atoms with Gasteiger partial charge in [-0.15, -0.1) is 0 Å². The van der Waals surface area contributed by atoms with Gasteiger partial charge in [0.2, 0.25) is 0 Å². The number of aromatic amines is 1. The van der Waals surface area contributed by atoms with E-state index in [1.54, 1.807) is 17.6 Å². The highest BCUT2D eigenvalue weighted by Crippen LogP contribution is 2.22. The van der Waals surface area contributed by atoms with E-state index in [0.29, 0.717) is 16.5 Å². The van der Waals surface area contributed by atoms with E-state index in [0.717, 1.165) is 0 Å². The van der Waals surface area contributed by atoms with Crippen LogP contribution in [0.3, 0.4) is 0 Å². The van der Waals surface area contributed by atoms with Gasteiger partial charge < -0.3 is 9.40 Å². The average molecular weight is 322 g/mol. The number of H-pyrrole nitrogens is 1. The first kappa shape index (κ1) is 14.1. The third-order valence-electron chi connectivity index (χ3n) is 3.57. The minimum Gasteiger partial charge on any atom is -0.434 e. The fourth-order valence-electron chi connectivity index (χ4n) is 2.42. The molecule has 24 heavy (non-hydrogen) atoms. The number of fused-ring (bicyclic) bond motifs is 2. The molecule has 4 rings (SSSR count). The van der Waals surface area contributed by atoms with Crippen molar-refractivity contribution in [1.82, 2.24) is 20.4 Å². The molecule has 0 aliphatic rings. The summed E-state index contributed by atoms with van der Waals surface area (Å²) in [5.74, 6) is -0.361. The number of rotatable bonds is 2. The van der Waals surface area contributed by atoms with Gasteiger partial charge in [-0.1, -0.05) is 12.1 Å². The smallest absolute Gasteiger partial charge is 0.274 e. The molecule has 4 aromatic rings. The van der Waals surface area contributed by atoms with Crippen LogP contribution in [0.1, 0.15) is 10.4 Å². The summed E-state index contributed by atoms with van der Waals surface area (Å²) in [4.78, 5) is 34.9.